The third-order valence-corrected chi connectivity index (χ3v) is 4.81. The van der Waals surface area contributed by atoms with E-state index < -0.39 is 6.10 Å². The van der Waals surface area contributed by atoms with E-state index in [1.54, 1.807) is 0 Å². The summed E-state index contributed by atoms with van der Waals surface area (Å²) in [6, 6.07) is 0. The van der Waals surface area contributed by atoms with Gasteiger partial charge in [-0.1, -0.05) is 43.2 Å². The maximum atomic E-state index is 10.5. The van der Waals surface area contributed by atoms with Crippen molar-refractivity contribution in [2.45, 2.75) is 52.6 Å². The molecule has 0 bridgehead atoms. The average molecular weight is 288 g/mol. The SMILES string of the molecule is C=C(C)[C@@H]1CCC(C)=C[C@H]1C1C(O)=CC(CCC)=CC1O. The van der Waals surface area contributed by atoms with Crippen molar-refractivity contribution in [1.82, 2.24) is 0 Å². The van der Waals surface area contributed by atoms with Gasteiger partial charge in [-0.2, -0.15) is 0 Å². The quantitative estimate of drug-likeness (QED) is 0.736. The van der Waals surface area contributed by atoms with Gasteiger partial charge < -0.3 is 10.2 Å². The van der Waals surface area contributed by atoms with E-state index in [0.29, 0.717) is 11.7 Å². The van der Waals surface area contributed by atoms with Gasteiger partial charge in [-0.25, -0.2) is 0 Å². The summed E-state index contributed by atoms with van der Waals surface area (Å²) in [7, 11) is 0. The van der Waals surface area contributed by atoms with Crippen LogP contribution in [0.5, 0.6) is 0 Å². The molecule has 2 unspecified atom stereocenters. The zero-order valence-corrected chi connectivity index (χ0v) is 13.5. The second kappa shape index (κ2) is 6.65. The number of aliphatic hydroxyl groups is 2. The molecule has 2 heteroatoms. The fourth-order valence-electron chi connectivity index (χ4n) is 3.73. The van der Waals surface area contributed by atoms with Crippen LogP contribution < -0.4 is 0 Å². The van der Waals surface area contributed by atoms with Crippen LogP contribution in [0.25, 0.3) is 0 Å². The normalized spacial score (nSPS) is 33.0. The van der Waals surface area contributed by atoms with Gasteiger partial charge in [0.2, 0.25) is 0 Å². The summed E-state index contributed by atoms with van der Waals surface area (Å²) in [5, 5.41) is 21.0. The lowest BCUT2D eigenvalue weighted by Crippen LogP contribution is -2.35. The van der Waals surface area contributed by atoms with E-state index in [1.807, 2.05) is 12.2 Å². The van der Waals surface area contributed by atoms with E-state index in [1.165, 1.54) is 5.57 Å². The van der Waals surface area contributed by atoms with Crippen molar-refractivity contribution in [3.05, 3.63) is 47.3 Å². The molecule has 0 fully saturated rings. The molecule has 2 aliphatic rings. The maximum absolute atomic E-state index is 10.5. The van der Waals surface area contributed by atoms with Crippen LogP contribution in [0.2, 0.25) is 0 Å². The fraction of sp³-hybridized carbons (Fsp3) is 0.579. The minimum Gasteiger partial charge on any atom is -0.512 e. The molecular formula is C19H28O2. The van der Waals surface area contributed by atoms with E-state index in [2.05, 4.69) is 33.4 Å². The number of allylic oxidation sites excluding steroid dienone is 5. The molecule has 0 amide bonds. The Morgan fingerprint density at radius 3 is 2.67 bits per heavy atom. The van der Waals surface area contributed by atoms with Crippen molar-refractivity contribution < 1.29 is 10.2 Å². The van der Waals surface area contributed by atoms with Crippen LogP contribution in [-0.4, -0.2) is 16.3 Å². The molecule has 2 aliphatic carbocycles. The van der Waals surface area contributed by atoms with Gasteiger partial charge >= 0.3 is 0 Å². The first kappa shape index (κ1) is 16.1. The summed E-state index contributed by atoms with van der Waals surface area (Å²) >= 11 is 0. The Labute approximate surface area is 128 Å². The highest BCUT2D eigenvalue weighted by atomic mass is 16.3. The summed E-state index contributed by atoms with van der Waals surface area (Å²) in [6.07, 6.45) is 9.46. The summed E-state index contributed by atoms with van der Waals surface area (Å²) in [5.74, 6) is 0.574. The molecule has 21 heavy (non-hydrogen) atoms. The van der Waals surface area contributed by atoms with Gasteiger partial charge in [0.25, 0.3) is 0 Å². The summed E-state index contributed by atoms with van der Waals surface area (Å²) in [6.45, 7) is 10.4. The van der Waals surface area contributed by atoms with E-state index >= 15 is 0 Å². The van der Waals surface area contributed by atoms with Gasteiger partial charge in [-0.05, 0) is 56.6 Å². The Morgan fingerprint density at radius 2 is 2.10 bits per heavy atom. The molecule has 0 radical (unpaired) electrons. The Morgan fingerprint density at radius 1 is 1.38 bits per heavy atom. The Hall–Kier alpha value is -1.28. The molecule has 0 aromatic heterocycles. The Bertz CT molecular complexity index is 496. The second-order valence-electron chi connectivity index (χ2n) is 6.66. The average Bonchev–Trinajstić information content (AvgIpc) is 2.38. The largest absolute Gasteiger partial charge is 0.512 e. The van der Waals surface area contributed by atoms with Crippen molar-refractivity contribution in [3.8, 4) is 0 Å². The van der Waals surface area contributed by atoms with E-state index in [-0.39, 0.29) is 11.8 Å². The Balaban J connectivity index is 2.29. The summed E-state index contributed by atoms with van der Waals surface area (Å²) < 4.78 is 0. The van der Waals surface area contributed by atoms with Crippen molar-refractivity contribution in [2.24, 2.45) is 17.8 Å². The standard InChI is InChI=1S/C19H28O2/c1-5-6-14-10-17(20)19(18(21)11-14)16-9-13(4)7-8-15(16)12(2)3/h9-11,15-17,19-21H,2,5-8H2,1,3-4H3/t15-,16+,17?,19?/m0/s1. The smallest absolute Gasteiger partial charge is 0.0991 e. The van der Waals surface area contributed by atoms with E-state index in [4.69, 9.17) is 0 Å². The van der Waals surface area contributed by atoms with Crippen molar-refractivity contribution in [1.29, 1.82) is 0 Å². The summed E-state index contributed by atoms with van der Waals surface area (Å²) in [4.78, 5) is 0. The minimum absolute atomic E-state index is 0.141. The first-order chi connectivity index (χ1) is 9.93. The third-order valence-electron chi connectivity index (χ3n) is 4.81. The summed E-state index contributed by atoms with van der Waals surface area (Å²) in [5.41, 5.74) is 3.54. The van der Waals surface area contributed by atoms with Gasteiger partial charge in [0.05, 0.1) is 17.8 Å². The highest BCUT2D eigenvalue weighted by Gasteiger charge is 2.38. The van der Waals surface area contributed by atoms with Crippen LogP contribution in [0, 0.1) is 17.8 Å². The molecular weight excluding hydrogens is 260 g/mol. The zero-order valence-electron chi connectivity index (χ0n) is 13.5. The minimum atomic E-state index is -0.606. The first-order valence-corrected chi connectivity index (χ1v) is 8.06. The molecule has 0 aromatic rings. The first-order valence-electron chi connectivity index (χ1n) is 8.06. The highest BCUT2D eigenvalue weighted by Crippen LogP contribution is 2.42. The zero-order chi connectivity index (χ0) is 15.6. The molecule has 116 valence electrons. The highest BCUT2D eigenvalue weighted by molar-refractivity contribution is 5.32. The van der Waals surface area contributed by atoms with Crippen LogP contribution in [0.4, 0.5) is 0 Å². The predicted molar refractivity (Wildman–Crippen MR) is 88.0 cm³/mol. The van der Waals surface area contributed by atoms with E-state index in [9.17, 15) is 10.2 Å². The van der Waals surface area contributed by atoms with Gasteiger partial charge in [0.1, 0.15) is 0 Å². The molecule has 2 N–H and O–H groups in total. The predicted octanol–water partition coefficient (Wildman–Crippen LogP) is 4.69. The molecule has 0 heterocycles. The van der Waals surface area contributed by atoms with Crippen LogP contribution in [0.1, 0.15) is 46.5 Å². The lowest BCUT2D eigenvalue weighted by molar-refractivity contribution is 0.0934. The maximum Gasteiger partial charge on any atom is 0.0991 e. The van der Waals surface area contributed by atoms with Crippen LogP contribution in [-0.2, 0) is 0 Å². The fourth-order valence-corrected chi connectivity index (χ4v) is 3.73. The van der Waals surface area contributed by atoms with Crippen molar-refractivity contribution >= 4 is 0 Å². The van der Waals surface area contributed by atoms with Crippen LogP contribution in [0.3, 0.4) is 0 Å². The molecule has 4 atom stereocenters. The van der Waals surface area contributed by atoms with E-state index in [0.717, 1.165) is 36.8 Å². The monoisotopic (exact) mass is 288 g/mol. The molecule has 2 rings (SSSR count). The second-order valence-corrected chi connectivity index (χ2v) is 6.66. The lowest BCUT2D eigenvalue weighted by Gasteiger charge is -2.38. The van der Waals surface area contributed by atoms with Gasteiger partial charge in [0, 0.05) is 0 Å². The number of hydrogen-bond donors (Lipinski definition) is 2. The molecule has 0 saturated carbocycles. The molecule has 0 aromatic carbocycles. The molecule has 0 spiro atoms. The number of rotatable bonds is 4. The van der Waals surface area contributed by atoms with Crippen molar-refractivity contribution in [2.75, 3.05) is 0 Å². The van der Waals surface area contributed by atoms with Crippen LogP contribution in [0.15, 0.2) is 47.3 Å². The Kier molecular flexibility index (Phi) is 5.10. The number of hydrogen-bond acceptors (Lipinski definition) is 2. The molecule has 0 aliphatic heterocycles. The van der Waals surface area contributed by atoms with Crippen molar-refractivity contribution in [3.63, 3.8) is 0 Å². The third kappa shape index (κ3) is 3.49. The lowest BCUT2D eigenvalue weighted by atomic mass is 9.68. The van der Waals surface area contributed by atoms with Crippen LogP contribution >= 0.6 is 0 Å². The molecule has 0 saturated heterocycles. The molecule has 2 nitrogen and oxygen atoms in total. The van der Waals surface area contributed by atoms with Gasteiger partial charge in [-0.3, -0.25) is 0 Å². The van der Waals surface area contributed by atoms with Gasteiger partial charge in [0.15, 0.2) is 0 Å². The number of aliphatic hydroxyl groups excluding tert-OH is 2. The van der Waals surface area contributed by atoms with Gasteiger partial charge in [-0.15, -0.1) is 0 Å². The topological polar surface area (TPSA) is 40.5 Å².